The summed E-state index contributed by atoms with van der Waals surface area (Å²) in [5, 5.41) is 0. The summed E-state index contributed by atoms with van der Waals surface area (Å²) in [6.45, 7) is 12.7. The third-order valence-electron chi connectivity index (χ3n) is 9.77. The van der Waals surface area contributed by atoms with Gasteiger partial charge in [0, 0.05) is 18.1 Å². The molecule has 0 N–H and O–H groups in total. The Morgan fingerprint density at radius 3 is 1.98 bits per heavy atom. The van der Waals surface area contributed by atoms with Crippen molar-refractivity contribution in [2.45, 2.75) is 129 Å². The van der Waals surface area contributed by atoms with Crippen LogP contribution in [0.25, 0.3) is 0 Å². The van der Waals surface area contributed by atoms with E-state index in [0.29, 0.717) is 18.1 Å². The van der Waals surface area contributed by atoms with Crippen LogP contribution in [0, 0.1) is 29.6 Å². The molecular formula is C35H58O6. The van der Waals surface area contributed by atoms with Gasteiger partial charge in [-0.3, -0.25) is 0 Å². The minimum atomic E-state index is -0.461. The maximum Gasteiger partial charge on any atom is 0.335 e. The highest BCUT2D eigenvalue weighted by Crippen LogP contribution is 2.43. The first-order valence-electron chi connectivity index (χ1n) is 16.8. The number of hydrogen-bond donors (Lipinski definition) is 0. The van der Waals surface area contributed by atoms with Crippen LogP contribution in [0.1, 0.15) is 123 Å². The van der Waals surface area contributed by atoms with Crippen LogP contribution in [0.15, 0.2) is 24.3 Å². The van der Waals surface area contributed by atoms with Crippen molar-refractivity contribution < 1.29 is 28.5 Å². The summed E-state index contributed by atoms with van der Waals surface area (Å²) in [5.74, 6) is 2.63. The molecule has 0 amide bonds. The van der Waals surface area contributed by atoms with Gasteiger partial charge in [-0.2, -0.15) is 0 Å². The molecule has 3 aliphatic rings. The summed E-state index contributed by atoms with van der Waals surface area (Å²) in [4.78, 5) is 24.6. The first kappa shape index (κ1) is 33.8. The molecule has 2 atom stereocenters. The molecule has 0 aromatic carbocycles. The van der Waals surface area contributed by atoms with Crippen LogP contribution in [-0.4, -0.2) is 44.7 Å². The van der Waals surface area contributed by atoms with Gasteiger partial charge in [0.1, 0.15) is 0 Å². The Labute approximate surface area is 250 Å². The summed E-state index contributed by atoms with van der Waals surface area (Å²) >= 11 is 0. The first-order valence-corrected chi connectivity index (χ1v) is 16.8. The Morgan fingerprint density at radius 2 is 1.41 bits per heavy atom. The Balaban J connectivity index is 1.37. The third-order valence-corrected chi connectivity index (χ3v) is 9.77. The minimum absolute atomic E-state index is 0.0432. The average molecular weight is 575 g/mol. The van der Waals surface area contributed by atoms with Gasteiger partial charge >= 0.3 is 11.9 Å². The fraction of sp³-hybridized carbons (Fsp3) is 0.829. The molecule has 3 rings (SSSR count). The summed E-state index contributed by atoms with van der Waals surface area (Å²) in [5.41, 5.74) is 0.662. The van der Waals surface area contributed by atoms with Gasteiger partial charge in [0.25, 0.3) is 0 Å². The van der Waals surface area contributed by atoms with Crippen LogP contribution < -0.4 is 0 Å². The standard InChI is InChI=1S/C35H58O6/c1-5-6-7-10-28-14-18-31(19-15-28)32-20-16-29(17-21-32)12-13-30(24-40-34(36)26(2)3)25-41-35(37)27(4)23-39-33-11-8-9-22-38-33/h28-33H,2,4-25H2,1,3H3. The Kier molecular flexibility index (Phi) is 15.5. The molecular weight excluding hydrogens is 516 g/mol. The molecule has 6 heteroatoms. The van der Waals surface area contributed by atoms with Gasteiger partial charge in [-0.15, -0.1) is 0 Å². The zero-order chi connectivity index (χ0) is 29.5. The normalized spacial score (nSPS) is 27.5. The van der Waals surface area contributed by atoms with E-state index in [0.717, 1.165) is 49.9 Å². The van der Waals surface area contributed by atoms with Crippen LogP contribution in [-0.2, 0) is 28.5 Å². The van der Waals surface area contributed by atoms with Crippen molar-refractivity contribution in [2.75, 3.05) is 26.4 Å². The van der Waals surface area contributed by atoms with Crippen LogP contribution >= 0.6 is 0 Å². The van der Waals surface area contributed by atoms with E-state index in [9.17, 15) is 9.59 Å². The lowest BCUT2D eigenvalue weighted by molar-refractivity contribution is -0.161. The van der Waals surface area contributed by atoms with Gasteiger partial charge in [-0.1, -0.05) is 71.4 Å². The number of hydrogen-bond acceptors (Lipinski definition) is 6. The summed E-state index contributed by atoms with van der Waals surface area (Å²) in [7, 11) is 0. The quantitative estimate of drug-likeness (QED) is 0.0988. The second kappa shape index (κ2) is 18.8. The topological polar surface area (TPSA) is 71.1 Å². The SMILES string of the molecule is C=C(C)C(=O)OCC(CCC1CCC(C2CCC(CCCCC)CC2)CC1)COC(=O)C(=C)COC1CCCCO1. The molecule has 6 nitrogen and oxygen atoms in total. The second-order valence-corrected chi connectivity index (χ2v) is 13.2. The van der Waals surface area contributed by atoms with Crippen molar-refractivity contribution in [3.63, 3.8) is 0 Å². The predicted molar refractivity (Wildman–Crippen MR) is 163 cm³/mol. The number of ether oxygens (including phenoxy) is 4. The molecule has 0 bridgehead atoms. The van der Waals surface area contributed by atoms with Gasteiger partial charge in [-0.25, -0.2) is 9.59 Å². The summed E-state index contributed by atoms with van der Waals surface area (Å²) in [6, 6.07) is 0. The highest BCUT2D eigenvalue weighted by atomic mass is 16.7. The fourth-order valence-corrected chi connectivity index (χ4v) is 6.97. The van der Waals surface area contributed by atoms with Gasteiger partial charge in [0.2, 0.25) is 0 Å². The smallest absolute Gasteiger partial charge is 0.335 e. The van der Waals surface area contributed by atoms with Crippen molar-refractivity contribution >= 4 is 11.9 Å². The number of carbonyl (C=O) groups is 2. The summed E-state index contributed by atoms with van der Waals surface area (Å²) in [6.07, 6.45) is 21.3. The number of esters is 2. The van der Waals surface area contributed by atoms with E-state index >= 15 is 0 Å². The van der Waals surface area contributed by atoms with E-state index in [2.05, 4.69) is 20.1 Å². The van der Waals surface area contributed by atoms with Crippen LogP contribution in [0.4, 0.5) is 0 Å². The Bertz CT molecular complexity index is 799. The molecule has 1 aliphatic heterocycles. The Morgan fingerprint density at radius 1 is 0.805 bits per heavy atom. The molecule has 234 valence electrons. The monoisotopic (exact) mass is 574 g/mol. The molecule has 0 spiro atoms. The number of carbonyl (C=O) groups excluding carboxylic acids is 2. The van der Waals surface area contributed by atoms with Crippen molar-refractivity contribution in [3.05, 3.63) is 24.3 Å². The Hall–Kier alpha value is -1.66. The molecule has 1 heterocycles. The number of unbranched alkanes of at least 4 members (excludes halogenated alkanes) is 2. The highest BCUT2D eigenvalue weighted by molar-refractivity contribution is 5.88. The highest BCUT2D eigenvalue weighted by Gasteiger charge is 2.31. The first-order chi connectivity index (χ1) is 19.9. The maximum absolute atomic E-state index is 12.6. The number of rotatable bonds is 17. The van der Waals surface area contributed by atoms with Crippen molar-refractivity contribution in [1.82, 2.24) is 0 Å². The lowest BCUT2D eigenvalue weighted by Gasteiger charge is -2.38. The second-order valence-electron chi connectivity index (χ2n) is 13.2. The van der Waals surface area contributed by atoms with E-state index in [1.165, 1.54) is 77.0 Å². The molecule has 41 heavy (non-hydrogen) atoms. The van der Waals surface area contributed by atoms with E-state index < -0.39 is 11.9 Å². The summed E-state index contributed by atoms with van der Waals surface area (Å²) < 4.78 is 22.3. The maximum atomic E-state index is 12.6. The molecule has 2 saturated carbocycles. The van der Waals surface area contributed by atoms with Crippen molar-refractivity contribution in [3.8, 4) is 0 Å². The van der Waals surface area contributed by atoms with Gasteiger partial charge in [0.15, 0.2) is 6.29 Å². The van der Waals surface area contributed by atoms with Crippen LogP contribution in [0.3, 0.4) is 0 Å². The molecule has 1 saturated heterocycles. The fourth-order valence-electron chi connectivity index (χ4n) is 6.97. The molecule has 2 aliphatic carbocycles. The molecule has 3 fully saturated rings. The zero-order valence-corrected chi connectivity index (χ0v) is 26.2. The van der Waals surface area contributed by atoms with Crippen LogP contribution in [0.5, 0.6) is 0 Å². The van der Waals surface area contributed by atoms with Crippen LogP contribution in [0.2, 0.25) is 0 Å². The van der Waals surface area contributed by atoms with Crippen molar-refractivity contribution in [2.24, 2.45) is 29.6 Å². The van der Waals surface area contributed by atoms with E-state index in [-0.39, 0.29) is 37.6 Å². The predicted octanol–water partition coefficient (Wildman–Crippen LogP) is 8.34. The largest absolute Gasteiger partial charge is 0.462 e. The lowest BCUT2D eigenvalue weighted by Crippen LogP contribution is -2.27. The van der Waals surface area contributed by atoms with Gasteiger partial charge in [-0.05, 0) is 88.4 Å². The molecule has 0 radical (unpaired) electrons. The molecule has 2 unspecified atom stereocenters. The zero-order valence-electron chi connectivity index (χ0n) is 26.2. The van der Waals surface area contributed by atoms with Gasteiger partial charge in [0.05, 0.1) is 25.4 Å². The average Bonchev–Trinajstić information content (AvgIpc) is 3.00. The van der Waals surface area contributed by atoms with E-state index in [1.807, 2.05) is 0 Å². The third kappa shape index (κ3) is 12.6. The minimum Gasteiger partial charge on any atom is -0.462 e. The lowest BCUT2D eigenvalue weighted by atomic mass is 9.68. The van der Waals surface area contributed by atoms with E-state index in [4.69, 9.17) is 18.9 Å². The van der Waals surface area contributed by atoms with Gasteiger partial charge < -0.3 is 18.9 Å². The molecule has 0 aromatic heterocycles. The van der Waals surface area contributed by atoms with Crippen molar-refractivity contribution in [1.29, 1.82) is 0 Å². The molecule has 0 aromatic rings. The van der Waals surface area contributed by atoms with E-state index in [1.54, 1.807) is 6.92 Å².